The van der Waals surface area contributed by atoms with Gasteiger partial charge in [-0.25, -0.2) is 0 Å². The molecule has 114 valence electrons. The molecular formula is C9H18CoN3O6. The Morgan fingerprint density at radius 1 is 0.684 bits per heavy atom. The van der Waals surface area contributed by atoms with Gasteiger partial charge < -0.3 is 32.5 Å². The molecule has 0 saturated carbocycles. The predicted molar refractivity (Wildman–Crippen MR) is 64.3 cm³/mol. The summed E-state index contributed by atoms with van der Waals surface area (Å²) >= 11 is 0. The normalized spacial score (nSPS) is 12.9. The first-order valence-corrected chi connectivity index (χ1v) is 4.75. The van der Waals surface area contributed by atoms with Gasteiger partial charge in [-0.05, 0) is 18.1 Å². The van der Waals surface area contributed by atoms with Crippen molar-refractivity contribution in [3.63, 3.8) is 0 Å². The van der Waals surface area contributed by atoms with Gasteiger partial charge in [0.1, 0.15) is 0 Å². The third-order valence-electron chi connectivity index (χ3n) is 1.11. The van der Waals surface area contributed by atoms with Gasteiger partial charge >= 0.3 is 16.8 Å². The summed E-state index contributed by atoms with van der Waals surface area (Å²) in [4.78, 5) is 28.5. The number of aliphatic carboxylic acids is 3. The third kappa shape index (κ3) is 31.5. The quantitative estimate of drug-likeness (QED) is 0.706. The van der Waals surface area contributed by atoms with Crippen molar-refractivity contribution in [3.8, 4) is 0 Å². The summed E-state index contributed by atoms with van der Waals surface area (Å²) in [5.74, 6) is -3.22. The van der Waals surface area contributed by atoms with E-state index in [1.807, 2.05) is 0 Å². The van der Waals surface area contributed by atoms with E-state index >= 15 is 0 Å². The largest absolute Gasteiger partial charge is 3.00 e. The molecule has 10 heteroatoms. The summed E-state index contributed by atoms with van der Waals surface area (Å²) in [5.41, 5.74) is 19.3. The number of rotatable bonds is 3. The molecule has 0 aliphatic carbocycles. The van der Waals surface area contributed by atoms with Gasteiger partial charge in [0.05, 0.1) is 0 Å². The maximum absolute atomic E-state index is 9.51. The molecule has 0 saturated heterocycles. The Morgan fingerprint density at radius 2 is 0.737 bits per heavy atom. The molecule has 0 fully saturated rings. The van der Waals surface area contributed by atoms with Crippen LogP contribution in [0, 0.1) is 0 Å². The molecule has 0 amide bonds. The standard InChI is InChI=1S/3C3H6NO2.Co/c3*1-2(4)3(5)6;/h3*2,4H,1H3,(H,5,6);/q3*-1;+3. The molecule has 0 aromatic rings. The van der Waals surface area contributed by atoms with E-state index in [9.17, 15) is 14.4 Å². The Hall–Kier alpha value is -1.20. The van der Waals surface area contributed by atoms with Gasteiger partial charge in [0, 0.05) is 0 Å². The minimum atomic E-state index is -1.07. The van der Waals surface area contributed by atoms with Crippen molar-refractivity contribution >= 4 is 17.9 Å². The van der Waals surface area contributed by atoms with Crippen LogP contribution < -0.4 is 0 Å². The first-order chi connectivity index (χ1) is 7.93. The molecule has 0 heterocycles. The average molecular weight is 323 g/mol. The number of hydrogen-bond donors (Lipinski definition) is 3. The fraction of sp³-hybridized carbons (Fsp3) is 0.667. The summed E-state index contributed by atoms with van der Waals surface area (Å²) in [5, 5.41) is 23.4. The van der Waals surface area contributed by atoms with Gasteiger partial charge in [0.2, 0.25) is 0 Å². The van der Waals surface area contributed by atoms with Gasteiger partial charge in [-0.15, -0.1) is 0 Å². The van der Waals surface area contributed by atoms with Crippen LogP contribution in [0.1, 0.15) is 20.8 Å². The fourth-order valence-electron chi connectivity index (χ4n) is 0. The second kappa shape index (κ2) is 14.9. The van der Waals surface area contributed by atoms with Crippen LogP contribution in [0.25, 0.3) is 17.2 Å². The molecule has 0 aromatic heterocycles. The minimum Gasteiger partial charge on any atom is -0.666 e. The summed E-state index contributed by atoms with van der Waals surface area (Å²) < 4.78 is 0. The van der Waals surface area contributed by atoms with E-state index in [2.05, 4.69) is 0 Å². The molecule has 0 aliphatic heterocycles. The van der Waals surface area contributed by atoms with Crippen LogP contribution in [0.5, 0.6) is 0 Å². The summed E-state index contributed by atoms with van der Waals surface area (Å²) in [7, 11) is 0. The van der Waals surface area contributed by atoms with E-state index in [0.717, 1.165) is 0 Å². The predicted octanol–water partition coefficient (Wildman–Crippen LogP) is 1.53. The molecule has 0 aliphatic rings. The molecule has 0 radical (unpaired) electrons. The van der Waals surface area contributed by atoms with Gasteiger partial charge in [-0.1, -0.05) is 20.8 Å². The second-order valence-electron chi connectivity index (χ2n) is 3.18. The average Bonchev–Trinajstić information content (AvgIpc) is 2.18. The molecule has 19 heavy (non-hydrogen) atoms. The van der Waals surface area contributed by atoms with Crippen LogP contribution in [-0.4, -0.2) is 51.4 Å². The van der Waals surface area contributed by atoms with Crippen molar-refractivity contribution in [1.82, 2.24) is 0 Å². The van der Waals surface area contributed by atoms with Crippen LogP contribution in [0.3, 0.4) is 0 Å². The van der Waals surface area contributed by atoms with Crippen molar-refractivity contribution in [2.24, 2.45) is 0 Å². The van der Waals surface area contributed by atoms with E-state index in [0.29, 0.717) is 0 Å². The van der Waals surface area contributed by atoms with Crippen molar-refractivity contribution in [2.45, 2.75) is 38.9 Å². The minimum absolute atomic E-state index is 0. The number of carboxylic acid groups (broad SMARTS) is 3. The first kappa shape index (κ1) is 26.4. The SMILES string of the molecule is CC([NH-])C(=O)O.CC([NH-])C(=O)O.CC([NH-])C(=O)O.[Co+3]. The van der Waals surface area contributed by atoms with Gasteiger partial charge in [-0.3, -0.25) is 14.4 Å². The molecular weight excluding hydrogens is 305 g/mol. The maximum atomic E-state index is 9.51. The smallest absolute Gasteiger partial charge is 0.666 e. The summed E-state index contributed by atoms with van der Waals surface area (Å²) in [6.45, 7) is 3.92. The second-order valence-corrected chi connectivity index (χ2v) is 3.18. The Labute approximate surface area is 121 Å². The Morgan fingerprint density at radius 3 is 0.737 bits per heavy atom. The molecule has 9 nitrogen and oxygen atoms in total. The Kier molecular flexibility index (Phi) is 20.6. The zero-order valence-electron chi connectivity index (χ0n) is 10.6. The van der Waals surface area contributed by atoms with Gasteiger partial charge in [-0.2, -0.15) is 0 Å². The summed E-state index contributed by atoms with van der Waals surface area (Å²) in [6, 6.07) is -2.94. The molecule has 0 aromatic carbocycles. The number of hydrogen-bond acceptors (Lipinski definition) is 3. The molecule has 0 bridgehead atoms. The van der Waals surface area contributed by atoms with Crippen LogP contribution in [-0.2, 0) is 31.2 Å². The van der Waals surface area contributed by atoms with Crippen molar-refractivity contribution in [2.75, 3.05) is 0 Å². The topological polar surface area (TPSA) is 183 Å². The third-order valence-corrected chi connectivity index (χ3v) is 1.11. The number of carbonyl (C=O) groups is 3. The molecule has 3 unspecified atom stereocenters. The Bertz CT molecular complexity index is 228. The fourth-order valence-corrected chi connectivity index (χ4v) is 0. The van der Waals surface area contributed by atoms with E-state index < -0.39 is 36.0 Å². The van der Waals surface area contributed by atoms with Crippen LogP contribution in [0.4, 0.5) is 0 Å². The van der Waals surface area contributed by atoms with Gasteiger partial charge in [0.25, 0.3) is 17.9 Å². The van der Waals surface area contributed by atoms with E-state index in [4.69, 9.17) is 32.5 Å². The number of carboxylic acids is 3. The summed E-state index contributed by atoms with van der Waals surface area (Å²) in [6.07, 6.45) is 0. The number of nitrogens with one attached hydrogen (secondary N) is 3. The van der Waals surface area contributed by atoms with Crippen molar-refractivity contribution in [3.05, 3.63) is 17.2 Å². The zero-order chi connectivity index (χ0) is 15.5. The molecule has 0 rings (SSSR count). The van der Waals surface area contributed by atoms with E-state index in [1.54, 1.807) is 0 Å². The molecule has 3 atom stereocenters. The van der Waals surface area contributed by atoms with E-state index in [1.165, 1.54) is 20.8 Å². The first-order valence-electron chi connectivity index (χ1n) is 4.75. The zero-order valence-corrected chi connectivity index (χ0v) is 11.7. The van der Waals surface area contributed by atoms with Gasteiger partial charge in [0.15, 0.2) is 0 Å². The Balaban J connectivity index is -0.0000000865. The molecule has 6 N–H and O–H groups in total. The van der Waals surface area contributed by atoms with Crippen molar-refractivity contribution in [1.29, 1.82) is 0 Å². The maximum Gasteiger partial charge on any atom is 3.00 e. The van der Waals surface area contributed by atoms with Crippen LogP contribution in [0.2, 0.25) is 0 Å². The monoisotopic (exact) mass is 323 g/mol. The van der Waals surface area contributed by atoms with Crippen LogP contribution >= 0.6 is 0 Å². The van der Waals surface area contributed by atoms with E-state index in [-0.39, 0.29) is 16.8 Å². The molecule has 0 spiro atoms. The van der Waals surface area contributed by atoms with Crippen molar-refractivity contribution < 1.29 is 46.5 Å². The van der Waals surface area contributed by atoms with Crippen LogP contribution in [0.15, 0.2) is 0 Å².